The molecule has 1 atom stereocenters. The molecule has 1 unspecified atom stereocenters. The lowest BCUT2D eigenvalue weighted by Crippen LogP contribution is -2.47. The number of likely N-dealkylation sites (N-methyl/N-ethyl adjacent to an activating group) is 2. The van der Waals surface area contributed by atoms with Crippen LogP contribution in [0.1, 0.15) is 31.0 Å². The van der Waals surface area contributed by atoms with E-state index >= 15 is 0 Å². The molecule has 0 saturated carbocycles. The van der Waals surface area contributed by atoms with Gasteiger partial charge in [-0.3, -0.25) is 0 Å². The predicted octanol–water partition coefficient (Wildman–Crippen LogP) is 2.27. The van der Waals surface area contributed by atoms with Gasteiger partial charge in [-0.1, -0.05) is 0 Å². The number of hydrogen-bond donors (Lipinski definition) is 2. The number of rotatable bonds is 6. The van der Waals surface area contributed by atoms with Gasteiger partial charge >= 0.3 is 0 Å². The third-order valence-electron chi connectivity index (χ3n) is 3.78. The summed E-state index contributed by atoms with van der Waals surface area (Å²) in [7, 11) is 7.30. The molecule has 0 aliphatic rings. The minimum Gasteiger partial charge on any atom is -0.496 e. The average Bonchev–Trinajstić information content (AvgIpc) is 2.39. The van der Waals surface area contributed by atoms with E-state index < -0.39 is 0 Å². The van der Waals surface area contributed by atoms with E-state index in [4.69, 9.17) is 9.47 Å². The Bertz CT molecular complexity index is 430. The Morgan fingerprint density at radius 1 is 1.11 bits per heavy atom. The second kappa shape index (κ2) is 6.26. The first-order chi connectivity index (χ1) is 8.92. The van der Waals surface area contributed by atoms with Crippen LogP contribution in [0.4, 0.5) is 0 Å². The fraction of sp³-hybridized carbons (Fsp3) is 0.600. The summed E-state index contributed by atoms with van der Waals surface area (Å²) in [6, 6.07) is 4.19. The van der Waals surface area contributed by atoms with Crippen LogP contribution in [0.5, 0.6) is 11.5 Å². The minimum absolute atomic E-state index is 0.0942. The molecule has 0 amide bonds. The lowest BCUT2D eigenvalue weighted by Gasteiger charge is -2.35. The summed E-state index contributed by atoms with van der Waals surface area (Å²) in [5, 5.41) is 6.71. The van der Waals surface area contributed by atoms with Gasteiger partial charge in [-0.05, 0) is 47.0 Å². The van der Waals surface area contributed by atoms with Crippen LogP contribution in [0.15, 0.2) is 12.1 Å². The summed E-state index contributed by atoms with van der Waals surface area (Å²) >= 11 is 0. The van der Waals surface area contributed by atoms with Crippen molar-refractivity contribution in [2.24, 2.45) is 0 Å². The molecule has 4 nitrogen and oxygen atoms in total. The molecular formula is C15H26N2O2. The van der Waals surface area contributed by atoms with Gasteiger partial charge in [0.25, 0.3) is 0 Å². The molecule has 0 fully saturated rings. The SMILES string of the molecule is CNC(c1ccc(OC)c(C)c1OC)C(C)(C)NC. The molecule has 2 N–H and O–H groups in total. The molecule has 0 aliphatic heterocycles. The van der Waals surface area contributed by atoms with E-state index in [1.807, 2.05) is 27.1 Å². The van der Waals surface area contributed by atoms with Crippen LogP contribution in [0, 0.1) is 6.92 Å². The van der Waals surface area contributed by atoms with E-state index in [9.17, 15) is 0 Å². The quantitative estimate of drug-likeness (QED) is 0.829. The second-order valence-corrected chi connectivity index (χ2v) is 5.21. The summed E-state index contributed by atoms with van der Waals surface area (Å²) < 4.78 is 10.9. The molecule has 0 aromatic heterocycles. The Hall–Kier alpha value is -1.26. The Balaban J connectivity index is 3.36. The number of ether oxygens (including phenoxy) is 2. The fourth-order valence-corrected chi connectivity index (χ4v) is 2.46. The predicted molar refractivity (Wildman–Crippen MR) is 79.2 cm³/mol. The molecule has 1 rings (SSSR count). The summed E-state index contributed by atoms with van der Waals surface area (Å²) in [6.45, 7) is 6.33. The average molecular weight is 266 g/mol. The Labute approximate surface area is 116 Å². The van der Waals surface area contributed by atoms with Crippen LogP contribution >= 0.6 is 0 Å². The third-order valence-corrected chi connectivity index (χ3v) is 3.78. The van der Waals surface area contributed by atoms with Crippen molar-refractivity contribution in [3.63, 3.8) is 0 Å². The molecule has 4 heteroatoms. The standard InChI is InChI=1S/C15H26N2O2/c1-10-12(18-6)9-8-11(13(10)19-7)14(16-4)15(2,3)17-5/h8-9,14,16-17H,1-7H3. The van der Waals surface area contributed by atoms with Gasteiger partial charge in [0.05, 0.1) is 20.3 Å². The molecule has 1 aromatic rings. The van der Waals surface area contributed by atoms with Crippen LogP contribution in [-0.4, -0.2) is 33.9 Å². The van der Waals surface area contributed by atoms with E-state index in [0.717, 1.165) is 22.6 Å². The Morgan fingerprint density at radius 2 is 1.74 bits per heavy atom. The first-order valence-corrected chi connectivity index (χ1v) is 6.50. The lowest BCUT2D eigenvalue weighted by molar-refractivity contribution is 0.299. The maximum Gasteiger partial charge on any atom is 0.130 e. The highest BCUT2D eigenvalue weighted by Gasteiger charge is 2.31. The minimum atomic E-state index is -0.0942. The molecule has 0 saturated heterocycles. The van der Waals surface area contributed by atoms with E-state index in [1.165, 1.54) is 0 Å². The van der Waals surface area contributed by atoms with Gasteiger partial charge in [0.1, 0.15) is 11.5 Å². The van der Waals surface area contributed by atoms with Gasteiger partial charge in [0.2, 0.25) is 0 Å². The van der Waals surface area contributed by atoms with E-state index in [-0.39, 0.29) is 11.6 Å². The Morgan fingerprint density at radius 3 is 2.16 bits per heavy atom. The molecule has 108 valence electrons. The molecule has 0 radical (unpaired) electrons. The van der Waals surface area contributed by atoms with Crippen LogP contribution in [0.3, 0.4) is 0 Å². The number of benzene rings is 1. The van der Waals surface area contributed by atoms with Crippen molar-refractivity contribution in [2.75, 3.05) is 28.3 Å². The zero-order chi connectivity index (χ0) is 14.6. The van der Waals surface area contributed by atoms with Crippen molar-refractivity contribution in [1.29, 1.82) is 0 Å². The summed E-state index contributed by atoms with van der Waals surface area (Å²) in [5.41, 5.74) is 2.06. The zero-order valence-corrected chi connectivity index (χ0v) is 13.0. The number of hydrogen-bond acceptors (Lipinski definition) is 4. The summed E-state index contributed by atoms with van der Waals surface area (Å²) in [4.78, 5) is 0. The third kappa shape index (κ3) is 3.01. The monoisotopic (exact) mass is 266 g/mol. The normalized spacial score (nSPS) is 13.2. The Kier molecular flexibility index (Phi) is 5.20. The smallest absolute Gasteiger partial charge is 0.130 e. The van der Waals surface area contributed by atoms with Crippen LogP contribution in [0.2, 0.25) is 0 Å². The topological polar surface area (TPSA) is 42.5 Å². The summed E-state index contributed by atoms with van der Waals surface area (Å²) in [6.07, 6.45) is 0. The van der Waals surface area contributed by atoms with Crippen LogP contribution < -0.4 is 20.1 Å². The highest BCUT2D eigenvalue weighted by Crippen LogP contribution is 2.38. The van der Waals surface area contributed by atoms with E-state index in [1.54, 1.807) is 14.2 Å². The zero-order valence-electron chi connectivity index (χ0n) is 13.0. The largest absolute Gasteiger partial charge is 0.496 e. The van der Waals surface area contributed by atoms with Crippen molar-refractivity contribution >= 4 is 0 Å². The molecule has 0 heterocycles. The number of methoxy groups -OCH3 is 2. The van der Waals surface area contributed by atoms with Crippen LogP contribution in [-0.2, 0) is 0 Å². The van der Waals surface area contributed by atoms with Crippen molar-refractivity contribution in [2.45, 2.75) is 32.4 Å². The van der Waals surface area contributed by atoms with Gasteiger partial charge in [-0.2, -0.15) is 0 Å². The van der Waals surface area contributed by atoms with Crippen molar-refractivity contribution in [1.82, 2.24) is 10.6 Å². The van der Waals surface area contributed by atoms with Gasteiger partial charge in [0.15, 0.2) is 0 Å². The molecule has 1 aromatic carbocycles. The van der Waals surface area contributed by atoms with Crippen molar-refractivity contribution in [3.8, 4) is 11.5 Å². The van der Waals surface area contributed by atoms with E-state index in [2.05, 4.69) is 30.5 Å². The lowest BCUT2D eigenvalue weighted by atomic mass is 9.87. The number of nitrogens with one attached hydrogen (secondary N) is 2. The first kappa shape index (κ1) is 15.8. The van der Waals surface area contributed by atoms with Crippen molar-refractivity contribution in [3.05, 3.63) is 23.3 Å². The van der Waals surface area contributed by atoms with Gasteiger partial charge < -0.3 is 20.1 Å². The van der Waals surface area contributed by atoms with Gasteiger partial charge in [0, 0.05) is 16.7 Å². The fourth-order valence-electron chi connectivity index (χ4n) is 2.46. The second-order valence-electron chi connectivity index (χ2n) is 5.21. The van der Waals surface area contributed by atoms with Gasteiger partial charge in [-0.25, -0.2) is 0 Å². The maximum atomic E-state index is 5.59. The molecule has 19 heavy (non-hydrogen) atoms. The van der Waals surface area contributed by atoms with E-state index in [0.29, 0.717) is 0 Å². The van der Waals surface area contributed by atoms with Gasteiger partial charge in [-0.15, -0.1) is 0 Å². The van der Waals surface area contributed by atoms with Crippen LogP contribution in [0.25, 0.3) is 0 Å². The molecule has 0 aliphatic carbocycles. The van der Waals surface area contributed by atoms with Crippen molar-refractivity contribution < 1.29 is 9.47 Å². The summed E-state index contributed by atoms with van der Waals surface area (Å²) in [5.74, 6) is 1.72. The molecular weight excluding hydrogens is 240 g/mol. The maximum absolute atomic E-state index is 5.59. The molecule has 0 spiro atoms. The highest BCUT2D eigenvalue weighted by atomic mass is 16.5. The highest BCUT2D eigenvalue weighted by molar-refractivity contribution is 5.51. The first-order valence-electron chi connectivity index (χ1n) is 6.50. The molecule has 0 bridgehead atoms.